The van der Waals surface area contributed by atoms with Crippen LogP contribution in [0.15, 0.2) is 71.8 Å². The molecule has 0 amide bonds. The average Bonchev–Trinajstić information content (AvgIpc) is 3.74. The van der Waals surface area contributed by atoms with Crippen molar-refractivity contribution in [3.8, 4) is 22.3 Å². The van der Waals surface area contributed by atoms with Gasteiger partial charge in [0.15, 0.2) is 0 Å². The van der Waals surface area contributed by atoms with Gasteiger partial charge in [-0.15, -0.1) is 0 Å². The summed E-state index contributed by atoms with van der Waals surface area (Å²) in [5.41, 5.74) is 22.6. The Balaban J connectivity index is 1.73. The Morgan fingerprint density at radius 1 is 0.500 bits per heavy atom. The Hall–Kier alpha value is -1.96. The van der Waals surface area contributed by atoms with Gasteiger partial charge in [0.1, 0.15) is 0 Å². The SMILES string of the molecule is CCCc1ccc2c(c1-c1cc(C(C)(C)C)cc(C(C)(C)C)c1)C=C(CC(C)C)[CH]2[Zr]([Cl])([Cl])([CH]1C(CC(C)C)=Cc2c1ccc(CCC)c2-c1cc(C(C)(C)C)cc(C(C)(C)C)c1)[SiH](C)C. The molecule has 4 aromatic carbocycles. The third-order valence-corrected chi connectivity index (χ3v) is 67.0. The summed E-state index contributed by atoms with van der Waals surface area (Å²) in [6.45, 7) is 47.6. The molecule has 0 heterocycles. The van der Waals surface area contributed by atoms with E-state index in [1.54, 1.807) is 0 Å². The number of fused-ring (bicyclic) bond motifs is 2. The second-order valence-electron chi connectivity index (χ2n) is 26.2. The molecule has 0 saturated heterocycles. The molecule has 0 aliphatic heterocycles. The molecule has 2 aliphatic rings. The number of halogens is 2. The molecule has 359 valence electrons. The zero-order valence-electron chi connectivity index (χ0n) is 45.3. The van der Waals surface area contributed by atoms with Crippen LogP contribution in [0.2, 0.25) is 13.1 Å². The van der Waals surface area contributed by atoms with Crippen molar-refractivity contribution < 1.29 is 15.6 Å². The van der Waals surface area contributed by atoms with E-state index in [9.17, 15) is 17.0 Å². The summed E-state index contributed by atoms with van der Waals surface area (Å²) in [7, 11) is 18.5. The maximum absolute atomic E-state index is 9.25. The second-order valence-corrected chi connectivity index (χ2v) is 68.7. The predicted molar refractivity (Wildman–Crippen MR) is 297 cm³/mol. The summed E-state index contributed by atoms with van der Waals surface area (Å²) in [6, 6.07) is 25.0. The molecule has 0 fully saturated rings. The molecule has 4 aromatic rings. The van der Waals surface area contributed by atoms with Crippen molar-refractivity contribution in [2.24, 2.45) is 11.8 Å². The first-order valence-corrected chi connectivity index (χ1v) is 42.3. The van der Waals surface area contributed by atoms with Crippen LogP contribution in [0, 0.1) is 11.8 Å². The van der Waals surface area contributed by atoms with E-state index in [-0.39, 0.29) is 28.9 Å². The van der Waals surface area contributed by atoms with Gasteiger partial charge in [-0.25, -0.2) is 0 Å². The van der Waals surface area contributed by atoms with Crippen LogP contribution in [-0.2, 0) is 50.1 Å². The fourth-order valence-corrected chi connectivity index (χ4v) is 42.8. The Morgan fingerprint density at radius 2 is 0.803 bits per heavy atom. The molecule has 0 bridgehead atoms. The van der Waals surface area contributed by atoms with Crippen LogP contribution < -0.4 is 0 Å². The van der Waals surface area contributed by atoms with Crippen LogP contribution in [0.5, 0.6) is 0 Å². The zero-order valence-corrected chi connectivity index (χ0v) is 50.4. The summed E-state index contributed by atoms with van der Waals surface area (Å²) in [6.07, 6.45) is 11.5. The van der Waals surface area contributed by atoms with Crippen LogP contribution in [0.1, 0.15) is 213 Å². The topological polar surface area (TPSA) is 0 Å². The second kappa shape index (κ2) is 19.0. The first kappa shape index (κ1) is 53.4. The van der Waals surface area contributed by atoms with Gasteiger partial charge >= 0.3 is 417 Å². The quantitative estimate of drug-likeness (QED) is 0.117. The Labute approximate surface area is 414 Å². The molecule has 0 saturated carbocycles. The minimum absolute atomic E-state index is 0.0124. The molecule has 0 radical (unpaired) electrons. The monoisotopic (exact) mass is 1020 g/mol. The number of aryl methyl sites for hydroxylation is 2. The predicted octanol–water partition coefficient (Wildman–Crippen LogP) is 19.8. The first-order chi connectivity index (χ1) is 30.3. The van der Waals surface area contributed by atoms with Crippen LogP contribution >= 0.6 is 17.0 Å². The summed E-state index contributed by atoms with van der Waals surface area (Å²) >= 11 is -5.17. The Kier molecular flexibility index (Phi) is 15.4. The van der Waals surface area contributed by atoms with Gasteiger partial charge in [0, 0.05) is 0 Å². The fourth-order valence-electron chi connectivity index (χ4n) is 11.5. The van der Waals surface area contributed by atoms with Gasteiger partial charge in [-0.2, -0.15) is 0 Å². The van der Waals surface area contributed by atoms with E-state index < -0.39 is 21.5 Å². The average molecular weight is 1020 g/mol. The molecule has 0 aromatic heterocycles. The van der Waals surface area contributed by atoms with Gasteiger partial charge in [-0.1, -0.05) is 0 Å². The van der Waals surface area contributed by atoms with Gasteiger partial charge in [0.25, 0.3) is 0 Å². The number of allylic oxidation sites excluding steroid dienone is 2. The van der Waals surface area contributed by atoms with Gasteiger partial charge in [-0.3, -0.25) is 0 Å². The van der Waals surface area contributed by atoms with Crippen molar-refractivity contribution in [1.29, 1.82) is 0 Å². The standard InChI is InChI=1S/2C30H41.C2H7Si.2ClH.Zr/c2*1-10-11-22-12-13-23-15-21(14-20(2)3)16-27(23)28(22)24-17-25(29(4,5)6)19-26(18-24)30(7,8)9;1-3-2;;;/h2*12-13,15-20H,10-11,14H2,1-9H3;3H,1-2H3;2*1H;/q;;;;;+2/p-2. The van der Waals surface area contributed by atoms with Crippen LogP contribution in [0.25, 0.3) is 34.4 Å². The van der Waals surface area contributed by atoms with Crippen molar-refractivity contribution in [3.05, 3.63) is 127 Å². The molecule has 2 atom stereocenters. The third-order valence-electron chi connectivity index (χ3n) is 15.2. The van der Waals surface area contributed by atoms with Crippen molar-refractivity contribution in [1.82, 2.24) is 0 Å². The molecule has 2 aliphatic carbocycles. The van der Waals surface area contributed by atoms with Gasteiger partial charge in [-0.05, 0) is 0 Å². The number of rotatable bonds is 13. The van der Waals surface area contributed by atoms with Crippen molar-refractivity contribution in [3.63, 3.8) is 0 Å². The number of hydrogen-bond acceptors (Lipinski definition) is 0. The van der Waals surface area contributed by atoms with E-state index in [0.717, 1.165) is 38.5 Å². The maximum atomic E-state index is 9.25. The molecular weight excluding hydrogens is 935 g/mol. The fraction of sp³-hybridized carbons (Fsp3) is 0.548. The van der Waals surface area contributed by atoms with E-state index >= 15 is 0 Å². The molecule has 0 spiro atoms. The van der Waals surface area contributed by atoms with Crippen LogP contribution in [-0.4, -0.2) is 5.92 Å². The van der Waals surface area contributed by atoms with E-state index in [0.29, 0.717) is 11.8 Å². The summed E-state index contributed by atoms with van der Waals surface area (Å²) in [5, 5.41) is 0. The summed E-state index contributed by atoms with van der Waals surface area (Å²) < 4.78 is 0.0892. The summed E-state index contributed by atoms with van der Waals surface area (Å²) in [4.78, 5) is 0. The van der Waals surface area contributed by atoms with E-state index in [2.05, 4.69) is 211 Å². The van der Waals surface area contributed by atoms with Crippen LogP contribution in [0.4, 0.5) is 0 Å². The Bertz CT molecular complexity index is 2280. The van der Waals surface area contributed by atoms with E-state index in [4.69, 9.17) is 0 Å². The molecule has 0 nitrogen and oxygen atoms in total. The van der Waals surface area contributed by atoms with Gasteiger partial charge < -0.3 is 0 Å². The van der Waals surface area contributed by atoms with Crippen molar-refractivity contribution >= 4 is 35.1 Å². The molecular formula is C62H89Cl2SiZr. The minimum atomic E-state index is -5.17. The first-order valence-electron chi connectivity index (χ1n) is 25.9. The molecule has 0 N–H and O–H groups in total. The van der Waals surface area contributed by atoms with Crippen molar-refractivity contribution in [2.75, 3.05) is 0 Å². The zero-order chi connectivity index (χ0) is 49.3. The number of benzene rings is 4. The van der Waals surface area contributed by atoms with Gasteiger partial charge in [0.2, 0.25) is 0 Å². The van der Waals surface area contributed by atoms with Gasteiger partial charge in [0.05, 0.1) is 0 Å². The summed E-state index contributed by atoms with van der Waals surface area (Å²) in [5.74, 6) is -0.855. The van der Waals surface area contributed by atoms with Crippen LogP contribution in [0.3, 0.4) is 0 Å². The van der Waals surface area contributed by atoms with E-state index in [1.165, 1.54) is 89.0 Å². The number of hydrogen-bond donors (Lipinski definition) is 0. The third kappa shape index (κ3) is 10.3. The molecule has 66 heavy (non-hydrogen) atoms. The van der Waals surface area contributed by atoms with E-state index in [1.807, 2.05) is 0 Å². The molecule has 6 rings (SSSR count). The Morgan fingerprint density at radius 3 is 1.05 bits per heavy atom. The van der Waals surface area contributed by atoms with Crippen molar-refractivity contribution in [2.45, 2.75) is 205 Å². The molecule has 4 heteroatoms. The normalized spacial score (nSPS) is 17.6. The molecule has 2 unspecified atom stereocenters.